The Morgan fingerprint density at radius 1 is 1.17 bits per heavy atom. The van der Waals surface area contributed by atoms with Crippen molar-refractivity contribution in [1.82, 2.24) is 4.31 Å². The van der Waals surface area contributed by atoms with E-state index >= 15 is 0 Å². The highest BCUT2D eigenvalue weighted by Crippen LogP contribution is 2.25. The molecule has 0 aliphatic carbocycles. The van der Waals surface area contributed by atoms with Crippen LogP contribution >= 0.6 is 11.6 Å². The minimum absolute atomic E-state index is 0.193. The van der Waals surface area contributed by atoms with Crippen molar-refractivity contribution < 1.29 is 17.9 Å². The number of hydrogen-bond acceptors (Lipinski definition) is 4. The zero-order valence-electron chi connectivity index (χ0n) is 16.5. The van der Waals surface area contributed by atoms with E-state index in [9.17, 15) is 13.2 Å². The van der Waals surface area contributed by atoms with Gasteiger partial charge in [0.15, 0.2) is 6.61 Å². The minimum Gasteiger partial charge on any atom is -0.484 e. The van der Waals surface area contributed by atoms with Crippen molar-refractivity contribution in [3.05, 3.63) is 53.1 Å². The van der Waals surface area contributed by atoms with Gasteiger partial charge in [0.1, 0.15) is 5.75 Å². The lowest BCUT2D eigenvalue weighted by Crippen LogP contribution is -2.37. The number of nitrogens with one attached hydrogen (secondary N) is 1. The molecule has 29 heavy (non-hydrogen) atoms. The van der Waals surface area contributed by atoms with Gasteiger partial charge in [0.05, 0.1) is 4.90 Å². The summed E-state index contributed by atoms with van der Waals surface area (Å²) in [5, 5.41) is 3.28. The molecule has 156 valence electrons. The van der Waals surface area contributed by atoms with Crippen molar-refractivity contribution in [1.29, 1.82) is 0 Å². The van der Waals surface area contributed by atoms with Crippen molar-refractivity contribution in [2.45, 2.75) is 31.6 Å². The summed E-state index contributed by atoms with van der Waals surface area (Å²) in [7, 11) is -3.50. The first-order valence-corrected chi connectivity index (χ1v) is 11.4. The van der Waals surface area contributed by atoms with Gasteiger partial charge in [-0.25, -0.2) is 8.42 Å². The Balaban J connectivity index is 1.56. The number of carbonyl (C=O) groups excluding carboxylic acids is 1. The molecule has 1 aliphatic rings. The van der Waals surface area contributed by atoms with E-state index in [0.29, 0.717) is 35.5 Å². The number of carbonyl (C=O) groups is 1. The number of amides is 1. The van der Waals surface area contributed by atoms with Crippen molar-refractivity contribution in [2.75, 3.05) is 25.0 Å². The zero-order chi connectivity index (χ0) is 21.0. The normalized spacial score (nSPS) is 15.8. The lowest BCUT2D eigenvalue weighted by Gasteiger charge is -2.29. The van der Waals surface area contributed by atoms with E-state index < -0.39 is 10.0 Å². The van der Waals surface area contributed by atoms with E-state index in [4.69, 9.17) is 16.3 Å². The number of anilines is 1. The predicted molar refractivity (Wildman–Crippen MR) is 114 cm³/mol. The maximum absolute atomic E-state index is 12.7. The number of benzene rings is 2. The molecule has 0 unspecified atom stereocenters. The molecule has 2 aromatic rings. The number of rotatable bonds is 6. The Kier molecular flexibility index (Phi) is 6.82. The fourth-order valence-electron chi connectivity index (χ4n) is 3.10. The molecule has 0 atom stereocenters. The summed E-state index contributed by atoms with van der Waals surface area (Å²) in [6.45, 7) is 4.92. The number of piperidine rings is 1. The Morgan fingerprint density at radius 2 is 1.83 bits per heavy atom. The van der Waals surface area contributed by atoms with Gasteiger partial charge >= 0.3 is 0 Å². The van der Waals surface area contributed by atoms with Crippen LogP contribution in [0.1, 0.15) is 25.3 Å². The molecule has 1 heterocycles. The summed E-state index contributed by atoms with van der Waals surface area (Å²) in [4.78, 5) is 12.3. The summed E-state index contributed by atoms with van der Waals surface area (Å²) in [5.41, 5.74) is 1.52. The smallest absolute Gasteiger partial charge is 0.262 e. The van der Waals surface area contributed by atoms with Gasteiger partial charge in [-0.15, -0.1) is 0 Å². The summed E-state index contributed by atoms with van der Waals surface area (Å²) < 4.78 is 32.5. The fraction of sp³-hybridized carbons (Fsp3) is 0.381. The molecule has 0 spiro atoms. The highest BCUT2D eigenvalue weighted by molar-refractivity contribution is 7.89. The standard InChI is InChI=1S/C21H25ClN2O4S/c1-15-9-11-24(12-10-15)29(26,27)19-7-5-18(6-8-19)28-14-21(25)23-17-4-3-16(2)20(22)13-17/h3-8,13,15H,9-12,14H2,1-2H3,(H,23,25). The second-order valence-electron chi connectivity index (χ2n) is 7.36. The molecular weight excluding hydrogens is 412 g/mol. The van der Waals surface area contributed by atoms with Crippen LogP contribution in [0, 0.1) is 12.8 Å². The number of ether oxygens (including phenoxy) is 1. The molecule has 3 rings (SSSR count). The second-order valence-corrected chi connectivity index (χ2v) is 9.70. The third-order valence-corrected chi connectivity index (χ3v) is 7.35. The Labute approximate surface area is 176 Å². The molecule has 1 amide bonds. The third kappa shape index (κ3) is 5.50. The van der Waals surface area contributed by atoms with Gasteiger partial charge in [-0.1, -0.05) is 24.6 Å². The van der Waals surface area contributed by atoms with Crippen LogP contribution in [0.2, 0.25) is 5.02 Å². The zero-order valence-corrected chi connectivity index (χ0v) is 18.1. The topological polar surface area (TPSA) is 75.7 Å². The molecule has 1 N–H and O–H groups in total. The molecule has 0 radical (unpaired) electrons. The first kappa shape index (κ1) is 21.6. The first-order chi connectivity index (χ1) is 13.8. The monoisotopic (exact) mass is 436 g/mol. The Morgan fingerprint density at radius 3 is 2.45 bits per heavy atom. The second kappa shape index (κ2) is 9.15. The van der Waals surface area contributed by atoms with Crippen LogP contribution in [0.3, 0.4) is 0 Å². The Hall–Kier alpha value is -2.09. The average molecular weight is 437 g/mol. The highest BCUT2D eigenvalue weighted by Gasteiger charge is 2.27. The lowest BCUT2D eigenvalue weighted by atomic mass is 10.0. The van der Waals surface area contributed by atoms with Gasteiger partial charge in [0, 0.05) is 23.8 Å². The molecule has 1 fully saturated rings. The maximum atomic E-state index is 12.7. The third-order valence-electron chi connectivity index (χ3n) is 5.03. The molecule has 8 heteroatoms. The van der Waals surface area contributed by atoms with E-state index in [1.165, 1.54) is 16.4 Å². The van der Waals surface area contributed by atoms with Crippen LogP contribution in [0.25, 0.3) is 0 Å². The average Bonchev–Trinajstić information content (AvgIpc) is 2.70. The molecule has 0 saturated carbocycles. The predicted octanol–water partition coefficient (Wildman–Crippen LogP) is 4.09. The van der Waals surface area contributed by atoms with Gasteiger partial charge in [-0.3, -0.25) is 4.79 Å². The van der Waals surface area contributed by atoms with E-state index in [-0.39, 0.29) is 17.4 Å². The molecule has 1 saturated heterocycles. The molecule has 0 bridgehead atoms. The van der Waals surface area contributed by atoms with Crippen molar-refractivity contribution in [2.24, 2.45) is 5.92 Å². The maximum Gasteiger partial charge on any atom is 0.262 e. The van der Waals surface area contributed by atoms with Crippen molar-refractivity contribution in [3.63, 3.8) is 0 Å². The largest absolute Gasteiger partial charge is 0.484 e. The molecule has 1 aliphatic heterocycles. The van der Waals surface area contributed by atoms with Crippen LogP contribution in [0.15, 0.2) is 47.4 Å². The first-order valence-electron chi connectivity index (χ1n) is 9.55. The molecule has 0 aromatic heterocycles. The van der Waals surface area contributed by atoms with Crippen LogP contribution in [-0.4, -0.2) is 38.3 Å². The molecule has 6 nitrogen and oxygen atoms in total. The van der Waals surface area contributed by atoms with Gasteiger partial charge < -0.3 is 10.1 Å². The van der Waals surface area contributed by atoms with Crippen molar-refractivity contribution in [3.8, 4) is 5.75 Å². The fourth-order valence-corrected chi connectivity index (χ4v) is 4.75. The van der Waals surface area contributed by atoms with Crippen LogP contribution < -0.4 is 10.1 Å². The van der Waals surface area contributed by atoms with Gasteiger partial charge in [0.25, 0.3) is 5.91 Å². The summed E-state index contributed by atoms with van der Waals surface area (Å²) in [6.07, 6.45) is 1.75. The van der Waals surface area contributed by atoms with E-state index in [0.717, 1.165) is 18.4 Å². The van der Waals surface area contributed by atoms with Gasteiger partial charge in [-0.05, 0) is 67.6 Å². The highest BCUT2D eigenvalue weighted by atomic mass is 35.5. The summed E-state index contributed by atoms with van der Waals surface area (Å²) in [5.74, 6) is 0.650. The number of hydrogen-bond donors (Lipinski definition) is 1. The minimum atomic E-state index is -3.50. The summed E-state index contributed by atoms with van der Waals surface area (Å²) >= 11 is 6.05. The SMILES string of the molecule is Cc1ccc(NC(=O)COc2ccc(S(=O)(=O)N3CCC(C)CC3)cc2)cc1Cl. The van der Waals surface area contributed by atoms with Gasteiger partial charge in [0.2, 0.25) is 10.0 Å². The van der Waals surface area contributed by atoms with Crippen LogP contribution in [0.4, 0.5) is 5.69 Å². The lowest BCUT2D eigenvalue weighted by molar-refractivity contribution is -0.118. The molecule has 2 aromatic carbocycles. The summed E-state index contributed by atoms with van der Waals surface area (Å²) in [6, 6.07) is 11.4. The Bertz CT molecular complexity index is 969. The van der Waals surface area contributed by atoms with E-state index in [1.807, 2.05) is 13.0 Å². The number of halogens is 1. The van der Waals surface area contributed by atoms with E-state index in [1.54, 1.807) is 24.3 Å². The molecular formula is C21H25ClN2O4S. The van der Waals surface area contributed by atoms with Crippen LogP contribution in [-0.2, 0) is 14.8 Å². The number of nitrogens with zero attached hydrogens (tertiary/aromatic N) is 1. The number of aryl methyl sites for hydroxylation is 1. The van der Waals surface area contributed by atoms with Crippen molar-refractivity contribution >= 4 is 33.2 Å². The number of sulfonamides is 1. The van der Waals surface area contributed by atoms with E-state index in [2.05, 4.69) is 12.2 Å². The van der Waals surface area contributed by atoms with Crippen LogP contribution in [0.5, 0.6) is 5.75 Å². The van der Waals surface area contributed by atoms with Gasteiger partial charge in [-0.2, -0.15) is 4.31 Å². The quantitative estimate of drug-likeness (QED) is 0.740.